The molecule has 1 aliphatic heterocycles. The molecule has 3 heteroatoms. The van der Waals surface area contributed by atoms with Crippen molar-refractivity contribution < 1.29 is 9.59 Å². The zero-order valence-electron chi connectivity index (χ0n) is 4.64. The van der Waals surface area contributed by atoms with Crippen LogP contribution in [0.1, 0.15) is 12.8 Å². The third-order valence-corrected chi connectivity index (χ3v) is 3.85. The average Bonchev–Trinajstić information content (AvgIpc) is 1.92. The van der Waals surface area contributed by atoms with Gasteiger partial charge in [0.2, 0.25) is 0 Å². The van der Waals surface area contributed by atoms with Crippen LogP contribution in [-0.2, 0) is 9.59 Å². The Morgan fingerprint density at radius 3 is 2.22 bits per heavy atom. The van der Waals surface area contributed by atoms with Crippen LogP contribution in [0.15, 0.2) is 10.0 Å². The first-order valence-corrected chi connectivity index (χ1v) is 4.49. The van der Waals surface area contributed by atoms with Gasteiger partial charge in [0.15, 0.2) is 0 Å². The number of carbonyl (C=O) groups excluding carboxylic acids is 2. The zero-order chi connectivity index (χ0) is 6.43. The molecule has 2 aliphatic rings. The van der Waals surface area contributed by atoms with Crippen molar-refractivity contribution in [3.8, 4) is 0 Å². The molecule has 2 rings (SSSR count). The second-order valence-corrected chi connectivity index (χ2v) is 4.36. The topological polar surface area (TPSA) is 34.1 Å². The van der Waals surface area contributed by atoms with E-state index in [1.807, 2.05) is 0 Å². The van der Waals surface area contributed by atoms with Crippen LogP contribution in [0.25, 0.3) is 0 Å². The molecule has 0 saturated heterocycles. The van der Waals surface area contributed by atoms with Gasteiger partial charge >= 0.3 is 57.9 Å². The van der Waals surface area contributed by atoms with E-state index in [1.165, 1.54) is 0 Å². The van der Waals surface area contributed by atoms with Crippen molar-refractivity contribution in [2.24, 2.45) is 0 Å². The van der Waals surface area contributed by atoms with Crippen LogP contribution in [0.4, 0.5) is 0 Å². The van der Waals surface area contributed by atoms with E-state index in [4.69, 9.17) is 0 Å². The first-order chi connectivity index (χ1) is 4.29. The minimum absolute atomic E-state index is 0.0926. The van der Waals surface area contributed by atoms with Crippen molar-refractivity contribution in [2.75, 3.05) is 0 Å². The summed E-state index contributed by atoms with van der Waals surface area (Å²) in [6.07, 6.45) is 1.87. The first-order valence-electron chi connectivity index (χ1n) is 2.77. The number of rotatable bonds is 0. The molecule has 0 unspecified atom stereocenters. The standard InChI is InChI=1S/C6H4O2Se/c7-5-3-1-2-4(3)9-6(5)8/h1-2H2. The minimum atomic E-state index is -0.184. The van der Waals surface area contributed by atoms with Crippen molar-refractivity contribution in [1.82, 2.24) is 0 Å². The third-order valence-electron chi connectivity index (χ3n) is 1.61. The number of Topliss-reactive ketones (excluding diaryl/α,β-unsaturated/α-hetero) is 1. The quantitative estimate of drug-likeness (QED) is 0.390. The fourth-order valence-electron chi connectivity index (χ4n) is 0.986. The van der Waals surface area contributed by atoms with Crippen molar-refractivity contribution in [1.29, 1.82) is 0 Å². The number of carbonyl (C=O) groups is 2. The monoisotopic (exact) mass is 188 g/mol. The molecular weight excluding hydrogens is 183 g/mol. The molecule has 0 aromatic rings. The predicted molar refractivity (Wildman–Crippen MR) is 32.0 cm³/mol. The van der Waals surface area contributed by atoms with Crippen LogP contribution in [0, 0.1) is 0 Å². The molecule has 9 heavy (non-hydrogen) atoms. The molecule has 1 heterocycles. The molecule has 0 aromatic carbocycles. The molecule has 0 atom stereocenters. The van der Waals surface area contributed by atoms with Crippen molar-refractivity contribution in [3.63, 3.8) is 0 Å². The number of allylic oxidation sites excluding steroid dienone is 2. The Morgan fingerprint density at radius 1 is 1.22 bits per heavy atom. The molecule has 0 bridgehead atoms. The maximum absolute atomic E-state index is 10.8. The Hall–Kier alpha value is -0.401. The fourth-order valence-corrected chi connectivity index (χ4v) is 3.00. The van der Waals surface area contributed by atoms with E-state index in [9.17, 15) is 9.59 Å². The average molecular weight is 187 g/mol. The van der Waals surface area contributed by atoms with E-state index < -0.39 is 0 Å². The Labute approximate surface area is 58.5 Å². The molecular formula is C6H4O2Se. The van der Waals surface area contributed by atoms with Gasteiger partial charge in [-0.1, -0.05) is 0 Å². The van der Waals surface area contributed by atoms with Gasteiger partial charge in [0.25, 0.3) is 0 Å². The molecule has 0 amide bonds. The van der Waals surface area contributed by atoms with Crippen LogP contribution < -0.4 is 0 Å². The SMILES string of the molecule is O=C1[Se]C2=C(CC2)C1=O. The molecule has 1 aliphatic carbocycles. The molecule has 0 spiro atoms. The van der Waals surface area contributed by atoms with E-state index in [0.717, 1.165) is 22.9 Å². The van der Waals surface area contributed by atoms with E-state index >= 15 is 0 Å². The van der Waals surface area contributed by atoms with E-state index in [2.05, 4.69) is 0 Å². The Morgan fingerprint density at radius 2 is 2.00 bits per heavy atom. The maximum atomic E-state index is 10.8. The van der Waals surface area contributed by atoms with Crippen molar-refractivity contribution in [3.05, 3.63) is 10.0 Å². The Kier molecular flexibility index (Phi) is 0.930. The molecule has 0 aromatic heterocycles. The normalized spacial score (nSPS) is 24.4. The van der Waals surface area contributed by atoms with Crippen molar-refractivity contribution >= 4 is 25.4 Å². The third kappa shape index (κ3) is 0.562. The summed E-state index contributed by atoms with van der Waals surface area (Å²) in [5.41, 5.74) is 0.847. The number of hydrogen-bond acceptors (Lipinski definition) is 2. The summed E-state index contributed by atoms with van der Waals surface area (Å²) in [5, 5.41) is 0. The van der Waals surface area contributed by atoms with Crippen LogP contribution in [0.5, 0.6) is 0 Å². The van der Waals surface area contributed by atoms with Gasteiger partial charge in [0, 0.05) is 0 Å². The second kappa shape index (κ2) is 1.55. The van der Waals surface area contributed by atoms with Gasteiger partial charge in [-0.2, -0.15) is 0 Å². The summed E-state index contributed by atoms with van der Waals surface area (Å²) in [6.45, 7) is 0. The van der Waals surface area contributed by atoms with Gasteiger partial charge in [-0.3, -0.25) is 0 Å². The van der Waals surface area contributed by atoms with Crippen LogP contribution in [-0.4, -0.2) is 25.4 Å². The first kappa shape index (κ1) is 5.39. The van der Waals surface area contributed by atoms with Gasteiger partial charge in [0.1, 0.15) is 0 Å². The van der Waals surface area contributed by atoms with Crippen LogP contribution >= 0.6 is 0 Å². The molecule has 0 fully saturated rings. The van der Waals surface area contributed by atoms with Crippen LogP contribution in [0.3, 0.4) is 0 Å². The van der Waals surface area contributed by atoms with Gasteiger partial charge < -0.3 is 0 Å². The van der Waals surface area contributed by atoms with E-state index in [0.29, 0.717) is 0 Å². The van der Waals surface area contributed by atoms with Gasteiger partial charge in [-0.15, -0.1) is 0 Å². The summed E-state index contributed by atoms with van der Waals surface area (Å²) in [4.78, 5) is 21.4. The Balaban J connectivity index is 2.44. The molecule has 2 nitrogen and oxygen atoms in total. The van der Waals surface area contributed by atoms with Gasteiger partial charge in [0.05, 0.1) is 0 Å². The number of hydrogen-bond donors (Lipinski definition) is 0. The second-order valence-electron chi connectivity index (χ2n) is 2.12. The molecule has 0 saturated carbocycles. The number of ketones is 1. The summed E-state index contributed by atoms with van der Waals surface area (Å²) in [6, 6.07) is 0. The van der Waals surface area contributed by atoms with E-state index in [-0.39, 0.29) is 25.4 Å². The Bertz CT molecular complexity index is 237. The molecule has 46 valence electrons. The van der Waals surface area contributed by atoms with E-state index in [1.54, 1.807) is 0 Å². The summed E-state index contributed by atoms with van der Waals surface area (Å²) < 4.78 is 1.03. The summed E-state index contributed by atoms with van der Waals surface area (Å²) in [5.74, 6) is -0.184. The van der Waals surface area contributed by atoms with Gasteiger partial charge in [-0.05, 0) is 0 Å². The molecule has 0 radical (unpaired) electrons. The van der Waals surface area contributed by atoms with Gasteiger partial charge in [-0.25, -0.2) is 0 Å². The fraction of sp³-hybridized carbons (Fsp3) is 0.333. The predicted octanol–water partition coefficient (Wildman–Crippen LogP) is -0.152. The summed E-state index contributed by atoms with van der Waals surface area (Å²) in [7, 11) is 0. The summed E-state index contributed by atoms with van der Waals surface area (Å²) >= 11 is -0.0926. The molecule has 0 N–H and O–H groups in total. The van der Waals surface area contributed by atoms with Crippen LogP contribution in [0.2, 0.25) is 0 Å². The van der Waals surface area contributed by atoms with Crippen molar-refractivity contribution in [2.45, 2.75) is 12.8 Å². The zero-order valence-corrected chi connectivity index (χ0v) is 6.35.